The Labute approximate surface area is 94.7 Å². The number of hydrogen-bond acceptors (Lipinski definition) is 5. The highest BCUT2D eigenvalue weighted by Gasteiger charge is 2.18. The Morgan fingerprint density at radius 2 is 2.12 bits per heavy atom. The first-order chi connectivity index (χ1) is 8.18. The Kier molecular flexibility index (Phi) is 1.76. The molecular weight excluding hydrogens is 222 g/mol. The van der Waals surface area contributed by atoms with E-state index in [-0.39, 0.29) is 17.3 Å². The number of nitrogens with zero attached hydrogens (tertiary/aromatic N) is 4. The molecule has 0 saturated heterocycles. The number of nitro groups is 1. The van der Waals surface area contributed by atoms with Crippen LogP contribution in [0.15, 0.2) is 30.5 Å². The molecular formula is C10H7N5O2. The summed E-state index contributed by atoms with van der Waals surface area (Å²) in [4.78, 5) is 18.4. The average molecular weight is 229 g/mol. The van der Waals surface area contributed by atoms with E-state index in [4.69, 9.17) is 5.73 Å². The molecule has 84 valence electrons. The Morgan fingerprint density at radius 3 is 2.88 bits per heavy atom. The van der Waals surface area contributed by atoms with Gasteiger partial charge in [0.1, 0.15) is 6.20 Å². The van der Waals surface area contributed by atoms with E-state index in [1.54, 1.807) is 12.1 Å². The van der Waals surface area contributed by atoms with Crippen LogP contribution in [0.1, 0.15) is 0 Å². The minimum Gasteiger partial charge on any atom is -0.369 e. The monoisotopic (exact) mass is 229 g/mol. The van der Waals surface area contributed by atoms with E-state index < -0.39 is 4.92 Å². The second kappa shape index (κ2) is 3.14. The van der Waals surface area contributed by atoms with Gasteiger partial charge in [0.05, 0.1) is 16.0 Å². The van der Waals surface area contributed by atoms with Gasteiger partial charge in [0.2, 0.25) is 11.6 Å². The molecule has 0 unspecified atom stereocenters. The lowest BCUT2D eigenvalue weighted by molar-refractivity contribution is -0.383. The van der Waals surface area contributed by atoms with Crippen molar-refractivity contribution in [3.63, 3.8) is 0 Å². The second-order valence-electron chi connectivity index (χ2n) is 3.52. The number of fused-ring (bicyclic) bond motifs is 3. The van der Waals surface area contributed by atoms with Crippen molar-refractivity contribution in [2.24, 2.45) is 0 Å². The zero-order valence-electron chi connectivity index (χ0n) is 8.57. The van der Waals surface area contributed by atoms with Gasteiger partial charge in [0.15, 0.2) is 0 Å². The van der Waals surface area contributed by atoms with Gasteiger partial charge in [-0.15, -0.1) is 0 Å². The molecule has 0 aliphatic carbocycles. The summed E-state index contributed by atoms with van der Waals surface area (Å²) < 4.78 is 1.48. The number of aromatic nitrogens is 3. The second-order valence-corrected chi connectivity index (χ2v) is 3.52. The van der Waals surface area contributed by atoms with Crippen LogP contribution in [0.3, 0.4) is 0 Å². The third-order valence-corrected chi connectivity index (χ3v) is 2.53. The number of nitrogen functional groups attached to an aromatic ring is 1. The van der Waals surface area contributed by atoms with Crippen LogP contribution in [-0.2, 0) is 0 Å². The number of anilines is 1. The summed E-state index contributed by atoms with van der Waals surface area (Å²) in [6.07, 6.45) is 1.12. The highest BCUT2D eigenvalue weighted by atomic mass is 16.6. The summed E-state index contributed by atoms with van der Waals surface area (Å²) in [5.41, 5.74) is 7.13. The van der Waals surface area contributed by atoms with Gasteiger partial charge in [-0.2, -0.15) is 0 Å². The summed E-state index contributed by atoms with van der Waals surface area (Å²) in [6, 6.07) is 7.18. The predicted octanol–water partition coefficient (Wildman–Crippen LogP) is 1.37. The van der Waals surface area contributed by atoms with E-state index in [0.29, 0.717) is 11.0 Å². The minimum atomic E-state index is -0.520. The van der Waals surface area contributed by atoms with Crippen LogP contribution >= 0.6 is 0 Å². The number of imidazole rings is 1. The molecule has 7 heteroatoms. The molecule has 0 aliphatic heterocycles. The fourth-order valence-electron chi connectivity index (χ4n) is 1.80. The van der Waals surface area contributed by atoms with Crippen molar-refractivity contribution in [2.45, 2.75) is 0 Å². The first-order valence-electron chi connectivity index (χ1n) is 4.84. The maximum Gasteiger partial charge on any atom is 0.330 e. The topological polar surface area (TPSA) is 99.3 Å². The molecule has 2 N–H and O–H groups in total. The quantitative estimate of drug-likeness (QED) is 0.501. The molecule has 0 radical (unpaired) electrons. The normalized spacial score (nSPS) is 11.1. The van der Waals surface area contributed by atoms with Crippen LogP contribution in [0, 0.1) is 10.1 Å². The van der Waals surface area contributed by atoms with Gasteiger partial charge in [-0.25, -0.2) is 9.97 Å². The van der Waals surface area contributed by atoms with E-state index in [0.717, 1.165) is 6.20 Å². The molecule has 3 aromatic rings. The average Bonchev–Trinajstić information content (AvgIpc) is 2.68. The molecule has 7 nitrogen and oxygen atoms in total. The Balaban J connectivity index is 2.58. The van der Waals surface area contributed by atoms with Gasteiger partial charge in [-0.1, -0.05) is 12.1 Å². The van der Waals surface area contributed by atoms with E-state index >= 15 is 0 Å². The Hall–Kier alpha value is -2.70. The first-order valence-corrected chi connectivity index (χ1v) is 4.84. The molecule has 0 fully saturated rings. The Morgan fingerprint density at radius 1 is 1.35 bits per heavy atom. The predicted molar refractivity (Wildman–Crippen MR) is 61.6 cm³/mol. The van der Waals surface area contributed by atoms with Crippen LogP contribution in [0.2, 0.25) is 0 Å². The van der Waals surface area contributed by atoms with Gasteiger partial charge < -0.3 is 5.73 Å². The lowest BCUT2D eigenvalue weighted by atomic mass is 10.3. The standard InChI is InChI=1S/C10H7N5O2/c11-10-12-5-8(15(16)17)9-13-6-3-1-2-4-7(6)14(9)10/h1-5H,(H2,11,12). The number of nitrogens with two attached hydrogens (primary N) is 1. The molecule has 0 aliphatic rings. The van der Waals surface area contributed by atoms with E-state index in [2.05, 4.69) is 9.97 Å². The van der Waals surface area contributed by atoms with Crippen LogP contribution in [0.5, 0.6) is 0 Å². The smallest absolute Gasteiger partial charge is 0.330 e. The molecule has 2 aromatic heterocycles. The SMILES string of the molecule is Nc1ncc([N+](=O)[O-])c2nc3ccccc3n12. The highest BCUT2D eigenvalue weighted by molar-refractivity contribution is 5.84. The molecule has 0 bridgehead atoms. The van der Waals surface area contributed by atoms with Crippen molar-refractivity contribution >= 4 is 28.3 Å². The van der Waals surface area contributed by atoms with E-state index in [9.17, 15) is 10.1 Å². The maximum atomic E-state index is 10.9. The third-order valence-electron chi connectivity index (χ3n) is 2.53. The van der Waals surface area contributed by atoms with Crippen molar-refractivity contribution in [3.05, 3.63) is 40.6 Å². The maximum absolute atomic E-state index is 10.9. The van der Waals surface area contributed by atoms with Crippen molar-refractivity contribution in [1.82, 2.24) is 14.4 Å². The van der Waals surface area contributed by atoms with E-state index in [1.165, 1.54) is 4.40 Å². The lowest BCUT2D eigenvalue weighted by Crippen LogP contribution is -2.02. The Bertz CT molecular complexity index is 749. The van der Waals surface area contributed by atoms with Crippen LogP contribution in [0.25, 0.3) is 16.7 Å². The minimum absolute atomic E-state index is 0.157. The summed E-state index contributed by atoms with van der Waals surface area (Å²) in [5, 5.41) is 10.9. The molecule has 1 aromatic carbocycles. The van der Waals surface area contributed by atoms with Gasteiger partial charge in [0.25, 0.3) is 0 Å². The molecule has 3 rings (SSSR count). The van der Waals surface area contributed by atoms with Gasteiger partial charge in [-0.05, 0) is 12.1 Å². The largest absolute Gasteiger partial charge is 0.369 e. The first kappa shape index (κ1) is 9.52. The summed E-state index contributed by atoms with van der Waals surface area (Å²) in [7, 11) is 0. The van der Waals surface area contributed by atoms with E-state index in [1.807, 2.05) is 12.1 Å². The van der Waals surface area contributed by atoms with Crippen molar-refractivity contribution in [2.75, 3.05) is 5.73 Å². The van der Waals surface area contributed by atoms with Crippen LogP contribution < -0.4 is 5.73 Å². The van der Waals surface area contributed by atoms with Crippen molar-refractivity contribution < 1.29 is 4.92 Å². The summed E-state index contributed by atoms with van der Waals surface area (Å²) in [6.45, 7) is 0. The molecule has 0 amide bonds. The number of hydrogen-bond donors (Lipinski definition) is 1. The molecule has 0 atom stereocenters. The third kappa shape index (κ3) is 1.22. The zero-order chi connectivity index (χ0) is 12.0. The molecule has 17 heavy (non-hydrogen) atoms. The fraction of sp³-hybridized carbons (Fsp3) is 0. The van der Waals surface area contributed by atoms with Crippen molar-refractivity contribution in [3.8, 4) is 0 Å². The number of benzene rings is 1. The highest BCUT2D eigenvalue weighted by Crippen LogP contribution is 2.25. The molecule has 0 spiro atoms. The van der Waals surface area contributed by atoms with Crippen LogP contribution in [0.4, 0.5) is 11.6 Å². The fourth-order valence-corrected chi connectivity index (χ4v) is 1.80. The zero-order valence-corrected chi connectivity index (χ0v) is 8.57. The number of para-hydroxylation sites is 2. The molecule has 0 saturated carbocycles. The van der Waals surface area contributed by atoms with Gasteiger partial charge in [-0.3, -0.25) is 14.5 Å². The lowest BCUT2D eigenvalue weighted by Gasteiger charge is -1.99. The van der Waals surface area contributed by atoms with Gasteiger partial charge >= 0.3 is 5.69 Å². The van der Waals surface area contributed by atoms with Crippen molar-refractivity contribution in [1.29, 1.82) is 0 Å². The summed E-state index contributed by atoms with van der Waals surface area (Å²) in [5.74, 6) is 0.180. The van der Waals surface area contributed by atoms with Gasteiger partial charge in [0, 0.05) is 0 Å². The summed E-state index contributed by atoms with van der Waals surface area (Å²) >= 11 is 0. The number of rotatable bonds is 1. The van der Waals surface area contributed by atoms with Crippen LogP contribution in [-0.4, -0.2) is 19.3 Å². The molecule has 2 heterocycles.